The summed E-state index contributed by atoms with van der Waals surface area (Å²) in [6.45, 7) is 0.158. The molecule has 1 aromatic rings. The lowest BCUT2D eigenvalue weighted by atomic mass is 10.2. The van der Waals surface area contributed by atoms with Crippen molar-refractivity contribution in [3.8, 4) is 0 Å². The molecule has 1 rings (SSSR count). The zero-order valence-electron chi connectivity index (χ0n) is 10.1. The van der Waals surface area contributed by atoms with Crippen molar-refractivity contribution in [2.24, 2.45) is 0 Å². The molecule has 0 radical (unpaired) electrons. The van der Waals surface area contributed by atoms with Crippen LogP contribution in [-0.2, 0) is 9.84 Å². The predicted molar refractivity (Wildman–Crippen MR) is 76.2 cm³/mol. The minimum atomic E-state index is -3.32. The van der Waals surface area contributed by atoms with Gasteiger partial charge in [-0.05, 0) is 31.0 Å². The average Bonchev–Trinajstić information content (AvgIpc) is 2.32. The number of halogens is 1. The topological polar surface area (TPSA) is 80.4 Å². The lowest BCUT2D eigenvalue weighted by molar-refractivity contribution is 0.283. The number of aliphatic hydroxyl groups is 1. The molecule has 1 aromatic carbocycles. The maximum Gasteiger partial charge on any atom is 0.180 e. The Hall–Kier alpha value is -0.590. The Bertz CT molecular complexity index is 488. The SMILES string of the molecule is Nc1ccc(Br)cc1S(=O)(=O)CCCCCCO. The molecule has 0 aliphatic heterocycles. The number of sulfone groups is 1. The van der Waals surface area contributed by atoms with Gasteiger partial charge in [0.15, 0.2) is 9.84 Å². The highest BCUT2D eigenvalue weighted by Crippen LogP contribution is 2.24. The molecule has 102 valence electrons. The summed E-state index contributed by atoms with van der Waals surface area (Å²) in [7, 11) is -3.32. The Labute approximate surface area is 116 Å². The second kappa shape index (κ2) is 7.11. The molecule has 18 heavy (non-hydrogen) atoms. The number of nitrogen functional groups attached to an aromatic ring is 1. The Balaban J connectivity index is 2.66. The fourth-order valence-electron chi connectivity index (χ4n) is 1.64. The molecule has 0 fully saturated rings. The molecule has 0 saturated carbocycles. The molecule has 6 heteroatoms. The van der Waals surface area contributed by atoms with E-state index in [-0.39, 0.29) is 22.9 Å². The van der Waals surface area contributed by atoms with Gasteiger partial charge in [-0.15, -0.1) is 0 Å². The molecule has 0 saturated heterocycles. The van der Waals surface area contributed by atoms with Gasteiger partial charge in [0.05, 0.1) is 16.3 Å². The van der Waals surface area contributed by atoms with E-state index >= 15 is 0 Å². The number of unbranched alkanes of at least 4 members (excludes halogenated alkanes) is 3. The zero-order valence-corrected chi connectivity index (χ0v) is 12.5. The summed E-state index contributed by atoms with van der Waals surface area (Å²) < 4.78 is 24.9. The number of aliphatic hydroxyl groups excluding tert-OH is 1. The summed E-state index contributed by atoms with van der Waals surface area (Å²) in [5.41, 5.74) is 5.98. The molecule has 0 spiro atoms. The minimum Gasteiger partial charge on any atom is -0.398 e. The zero-order chi connectivity index (χ0) is 13.6. The molecular formula is C12H18BrNO3S. The van der Waals surface area contributed by atoms with Gasteiger partial charge in [-0.1, -0.05) is 28.8 Å². The highest BCUT2D eigenvalue weighted by Gasteiger charge is 2.17. The quantitative estimate of drug-likeness (QED) is 0.592. The van der Waals surface area contributed by atoms with E-state index in [1.165, 1.54) is 0 Å². The maximum absolute atomic E-state index is 12.1. The van der Waals surface area contributed by atoms with Gasteiger partial charge in [-0.3, -0.25) is 0 Å². The summed E-state index contributed by atoms with van der Waals surface area (Å²) in [6.07, 6.45) is 2.96. The van der Waals surface area contributed by atoms with Crippen LogP contribution in [0.2, 0.25) is 0 Å². The molecule has 0 aromatic heterocycles. The Morgan fingerprint density at radius 1 is 1.17 bits per heavy atom. The normalized spacial score (nSPS) is 11.7. The third-order valence-electron chi connectivity index (χ3n) is 2.63. The van der Waals surface area contributed by atoms with Crippen LogP contribution in [0.1, 0.15) is 25.7 Å². The van der Waals surface area contributed by atoms with Crippen molar-refractivity contribution in [3.63, 3.8) is 0 Å². The monoisotopic (exact) mass is 335 g/mol. The third-order valence-corrected chi connectivity index (χ3v) is 4.97. The van der Waals surface area contributed by atoms with E-state index in [2.05, 4.69) is 15.9 Å². The van der Waals surface area contributed by atoms with Crippen molar-refractivity contribution < 1.29 is 13.5 Å². The molecule has 0 aliphatic rings. The van der Waals surface area contributed by atoms with Crippen LogP contribution in [0.25, 0.3) is 0 Å². The number of rotatable bonds is 7. The van der Waals surface area contributed by atoms with Gasteiger partial charge >= 0.3 is 0 Å². The Morgan fingerprint density at radius 3 is 2.50 bits per heavy atom. The molecule has 3 N–H and O–H groups in total. The molecule has 0 unspecified atom stereocenters. The first kappa shape index (κ1) is 15.5. The summed E-state index contributed by atoms with van der Waals surface area (Å²) in [5.74, 6) is 0.0963. The highest BCUT2D eigenvalue weighted by atomic mass is 79.9. The van der Waals surface area contributed by atoms with Crippen LogP contribution >= 0.6 is 15.9 Å². The molecule has 0 atom stereocenters. The molecule has 0 aliphatic carbocycles. The molecule has 0 heterocycles. The van der Waals surface area contributed by atoms with Gasteiger partial charge in [-0.25, -0.2) is 8.42 Å². The highest BCUT2D eigenvalue weighted by molar-refractivity contribution is 9.10. The van der Waals surface area contributed by atoms with E-state index in [9.17, 15) is 8.42 Å². The number of nitrogens with two attached hydrogens (primary N) is 1. The fraction of sp³-hybridized carbons (Fsp3) is 0.500. The van der Waals surface area contributed by atoms with Crippen LogP contribution in [0.4, 0.5) is 5.69 Å². The molecule has 0 amide bonds. The van der Waals surface area contributed by atoms with Crippen molar-refractivity contribution in [1.29, 1.82) is 0 Å². The van der Waals surface area contributed by atoms with Crippen molar-refractivity contribution in [3.05, 3.63) is 22.7 Å². The molecule has 4 nitrogen and oxygen atoms in total. The smallest absolute Gasteiger partial charge is 0.180 e. The first-order valence-electron chi connectivity index (χ1n) is 5.86. The van der Waals surface area contributed by atoms with Gasteiger partial charge in [0.25, 0.3) is 0 Å². The first-order valence-corrected chi connectivity index (χ1v) is 8.30. The van der Waals surface area contributed by atoms with E-state index < -0.39 is 9.84 Å². The van der Waals surface area contributed by atoms with E-state index in [1.54, 1.807) is 18.2 Å². The standard InChI is InChI=1S/C12H18BrNO3S/c13-10-5-6-11(14)12(9-10)18(16,17)8-4-2-1-3-7-15/h5-6,9,15H,1-4,7-8,14H2. The van der Waals surface area contributed by atoms with Crippen molar-refractivity contribution in [2.75, 3.05) is 18.1 Å². The summed E-state index contributed by atoms with van der Waals surface area (Å²) in [5, 5.41) is 8.63. The van der Waals surface area contributed by atoms with Gasteiger partial charge in [0.2, 0.25) is 0 Å². The van der Waals surface area contributed by atoms with Crippen LogP contribution in [0.5, 0.6) is 0 Å². The maximum atomic E-state index is 12.1. The summed E-state index contributed by atoms with van der Waals surface area (Å²) >= 11 is 3.24. The second-order valence-corrected chi connectivity index (χ2v) is 7.13. The summed E-state index contributed by atoms with van der Waals surface area (Å²) in [4.78, 5) is 0.194. The molecule has 0 bridgehead atoms. The number of benzene rings is 1. The van der Waals surface area contributed by atoms with Crippen molar-refractivity contribution in [1.82, 2.24) is 0 Å². The number of anilines is 1. The first-order chi connectivity index (χ1) is 8.47. The van der Waals surface area contributed by atoms with Gasteiger partial charge < -0.3 is 10.8 Å². The Morgan fingerprint density at radius 2 is 1.83 bits per heavy atom. The van der Waals surface area contributed by atoms with E-state index in [0.29, 0.717) is 10.9 Å². The second-order valence-electron chi connectivity index (χ2n) is 4.14. The van der Waals surface area contributed by atoms with Crippen LogP contribution < -0.4 is 5.73 Å². The van der Waals surface area contributed by atoms with E-state index in [4.69, 9.17) is 10.8 Å². The molecular weight excluding hydrogens is 318 g/mol. The average molecular weight is 336 g/mol. The predicted octanol–water partition coefficient (Wildman–Crippen LogP) is 2.36. The number of hydrogen-bond acceptors (Lipinski definition) is 4. The van der Waals surface area contributed by atoms with Crippen LogP contribution in [0.3, 0.4) is 0 Å². The lowest BCUT2D eigenvalue weighted by Gasteiger charge is -2.08. The largest absolute Gasteiger partial charge is 0.398 e. The summed E-state index contributed by atoms with van der Waals surface area (Å²) in [6, 6.07) is 4.84. The van der Waals surface area contributed by atoms with Crippen LogP contribution in [0, 0.1) is 0 Å². The van der Waals surface area contributed by atoms with Crippen LogP contribution in [-0.4, -0.2) is 25.9 Å². The number of hydrogen-bond donors (Lipinski definition) is 2. The van der Waals surface area contributed by atoms with Crippen LogP contribution in [0.15, 0.2) is 27.6 Å². The lowest BCUT2D eigenvalue weighted by Crippen LogP contribution is -2.09. The van der Waals surface area contributed by atoms with E-state index in [1.807, 2.05) is 0 Å². The van der Waals surface area contributed by atoms with E-state index in [0.717, 1.165) is 19.3 Å². The van der Waals surface area contributed by atoms with Gasteiger partial charge in [0.1, 0.15) is 0 Å². The van der Waals surface area contributed by atoms with Gasteiger partial charge in [0, 0.05) is 11.1 Å². The van der Waals surface area contributed by atoms with Gasteiger partial charge in [-0.2, -0.15) is 0 Å². The fourth-order valence-corrected chi connectivity index (χ4v) is 3.70. The van der Waals surface area contributed by atoms with Crippen molar-refractivity contribution in [2.45, 2.75) is 30.6 Å². The minimum absolute atomic E-state index is 0.0963. The third kappa shape index (κ3) is 4.59. The Kier molecular flexibility index (Phi) is 6.11. The van der Waals surface area contributed by atoms with Crippen molar-refractivity contribution >= 4 is 31.5 Å².